The van der Waals surface area contributed by atoms with E-state index in [1.807, 2.05) is 13.8 Å². The molecular weight excluding hydrogens is 430 g/mol. The van der Waals surface area contributed by atoms with E-state index in [9.17, 15) is 27.9 Å². The molecule has 0 amide bonds. The van der Waals surface area contributed by atoms with E-state index >= 15 is 4.39 Å². The Bertz CT molecular complexity index is 1120. The minimum absolute atomic E-state index is 0.0635. The largest absolute Gasteiger partial charge is 0.477 e. The molecule has 1 aromatic carbocycles. The summed E-state index contributed by atoms with van der Waals surface area (Å²) in [5, 5.41) is 12.1. The number of carbonyl (C=O) groups is 1. The van der Waals surface area contributed by atoms with Crippen molar-refractivity contribution in [2.45, 2.75) is 51.4 Å². The summed E-state index contributed by atoms with van der Waals surface area (Å²) in [4.78, 5) is 25.6. The summed E-state index contributed by atoms with van der Waals surface area (Å²) in [7, 11) is 0. The molecule has 1 saturated carbocycles. The number of anilines is 1. The van der Waals surface area contributed by atoms with Crippen LogP contribution in [0, 0.1) is 11.7 Å². The van der Waals surface area contributed by atoms with Crippen LogP contribution < -0.4 is 15.6 Å². The standard InChI is InChI=1S/C22H25F4N3O3/c1-11(2)27-8-12-5-6-28(9-12)19-16(23)7-14-18(17(19)22(24,25)26)29(13-3-4-13)10-15(20(14)30)21(31)32/h7,10-13,27H,3-6,8-9H2,1-2H3,(H,31,32). The molecule has 1 aliphatic carbocycles. The molecule has 1 aliphatic heterocycles. The maximum Gasteiger partial charge on any atom is 0.420 e. The van der Waals surface area contributed by atoms with Crippen LogP contribution in [-0.4, -0.2) is 41.3 Å². The maximum atomic E-state index is 15.2. The van der Waals surface area contributed by atoms with Gasteiger partial charge in [-0.3, -0.25) is 4.79 Å². The van der Waals surface area contributed by atoms with Crippen molar-refractivity contribution in [1.82, 2.24) is 9.88 Å². The second-order valence-electron chi connectivity index (χ2n) is 8.96. The molecule has 0 spiro atoms. The number of hydrogen-bond donors (Lipinski definition) is 2. The average molecular weight is 455 g/mol. The number of carboxylic acids is 1. The lowest BCUT2D eigenvalue weighted by Gasteiger charge is -2.27. The molecular formula is C22H25F4N3O3. The van der Waals surface area contributed by atoms with Crippen LogP contribution in [0.1, 0.15) is 55.1 Å². The fourth-order valence-electron chi connectivity index (χ4n) is 4.45. The lowest BCUT2D eigenvalue weighted by Crippen LogP contribution is -2.32. The van der Waals surface area contributed by atoms with Gasteiger partial charge in [-0.1, -0.05) is 13.8 Å². The number of nitrogens with zero attached hydrogens (tertiary/aromatic N) is 2. The third-order valence-electron chi connectivity index (χ3n) is 6.11. The molecule has 0 radical (unpaired) electrons. The van der Waals surface area contributed by atoms with E-state index < -0.39 is 51.1 Å². The molecule has 2 fully saturated rings. The zero-order chi connectivity index (χ0) is 23.4. The Labute approximate surface area is 181 Å². The minimum atomic E-state index is -4.93. The number of alkyl halides is 3. The van der Waals surface area contributed by atoms with Crippen LogP contribution in [0.3, 0.4) is 0 Å². The zero-order valence-electron chi connectivity index (χ0n) is 17.8. The Kier molecular flexibility index (Phi) is 5.68. The lowest BCUT2D eigenvalue weighted by molar-refractivity contribution is -0.136. The third kappa shape index (κ3) is 4.07. The maximum absolute atomic E-state index is 15.2. The quantitative estimate of drug-likeness (QED) is 0.644. The first-order valence-corrected chi connectivity index (χ1v) is 10.7. The Balaban J connectivity index is 1.92. The molecule has 2 N–H and O–H groups in total. The molecule has 2 aromatic rings. The van der Waals surface area contributed by atoms with Gasteiger partial charge in [0.15, 0.2) is 0 Å². The third-order valence-corrected chi connectivity index (χ3v) is 6.11. The van der Waals surface area contributed by atoms with Gasteiger partial charge in [0.2, 0.25) is 5.43 Å². The van der Waals surface area contributed by atoms with Gasteiger partial charge in [-0.2, -0.15) is 13.2 Å². The van der Waals surface area contributed by atoms with E-state index in [-0.39, 0.29) is 31.1 Å². The highest BCUT2D eigenvalue weighted by molar-refractivity contribution is 5.95. The van der Waals surface area contributed by atoms with E-state index in [1.54, 1.807) is 0 Å². The zero-order valence-corrected chi connectivity index (χ0v) is 17.8. The average Bonchev–Trinajstić information content (AvgIpc) is 3.42. The Hall–Kier alpha value is -2.62. The van der Waals surface area contributed by atoms with Gasteiger partial charge in [0, 0.05) is 31.4 Å². The second-order valence-corrected chi connectivity index (χ2v) is 8.96. The number of fused-ring (bicyclic) bond motifs is 1. The minimum Gasteiger partial charge on any atom is -0.477 e. The van der Waals surface area contributed by atoms with Crippen molar-refractivity contribution in [3.8, 4) is 0 Å². The van der Waals surface area contributed by atoms with Crippen molar-refractivity contribution in [3.63, 3.8) is 0 Å². The number of hydrogen-bond acceptors (Lipinski definition) is 4. The van der Waals surface area contributed by atoms with Crippen molar-refractivity contribution in [3.05, 3.63) is 39.4 Å². The van der Waals surface area contributed by atoms with Gasteiger partial charge >= 0.3 is 12.1 Å². The van der Waals surface area contributed by atoms with Crippen LogP contribution in [0.15, 0.2) is 17.1 Å². The number of carboxylic acid groups (broad SMARTS) is 1. The molecule has 4 rings (SSSR count). The fourth-order valence-corrected chi connectivity index (χ4v) is 4.45. The Morgan fingerprint density at radius 1 is 1.28 bits per heavy atom. The normalized spacial score (nSPS) is 19.3. The second kappa shape index (κ2) is 8.06. The molecule has 0 bridgehead atoms. The Morgan fingerprint density at radius 2 is 1.97 bits per heavy atom. The number of rotatable bonds is 6. The molecule has 6 nitrogen and oxygen atoms in total. The number of nitrogens with one attached hydrogen (secondary N) is 1. The van der Waals surface area contributed by atoms with E-state index in [0.717, 1.165) is 12.3 Å². The summed E-state index contributed by atoms with van der Waals surface area (Å²) in [6.45, 7) is 5.07. The van der Waals surface area contributed by atoms with Crippen molar-refractivity contribution in [2.24, 2.45) is 5.92 Å². The molecule has 1 saturated heterocycles. The molecule has 2 heterocycles. The topological polar surface area (TPSA) is 74.6 Å². The number of pyridine rings is 1. The van der Waals surface area contributed by atoms with E-state index in [4.69, 9.17) is 0 Å². The van der Waals surface area contributed by atoms with Crippen LogP contribution >= 0.6 is 0 Å². The van der Waals surface area contributed by atoms with Crippen molar-refractivity contribution in [1.29, 1.82) is 0 Å². The molecule has 1 atom stereocenters. The fraction of sp³-hybridized carbons (Fsp3) is 0.545. The van der Waals surface area contributed by atoms with Gasteiger partial charge in [0.25, 0.3) is 0 Å². The summed E-state index contributed by atoms with van der Waals surface area (Å²) in [6.07, 6.45) is -2.22. The van der Waals surface area contributed by atoms with E-state index in [1.165, 1.54) is 9.47 Å². The Morgan fingerprint density at radius 3 is 2.53 bits per heavy atom. The smallest absolute Gasteiger partial charge is 0.420 e. The van der Waals surface area contributed by atoms with Crippen molar-refractivity contribution in [2.75, 3.05) is 24.5 Å². The van der Waals surface area contributed by atoms with Gasteiger partial charge in [0.1, 0.15) is 16.9 Å². The monoisotopic (exact) mass is 455 g/mol. The lowest BCUT2D eigenvalue weighted by atomic mass is 10.0. The number of benzene rings is 1. The van der Waals surface area contributed by atoms with Crippen LogP contribution in [-0.2, 0) is 6.18 Å². The first-order valence-electron chi connectivity index (χ1n) is 10.7. The summed E-state index contributed by atoms with van der Waals surface area (Å²) in [5.74, 6) is -2.65. The number of aromatic nitrogens is 1. The molecule has 32 heavy (non-hydrogen) atoms. The molecule has 10 heteroatoms. The van der Waals surface area contributed by atoms with Gasteiger partial charge in [-0.15, -0.1) is 0 Å². The van der Waals surface area contributed by atoms with Crippen LogP contribution in [0.2, 0.25) is 0 Å². The first-order chi connectivity index (χ1) is 15.0. The van der Waals surface area contributed by atoms with Gasteiger partial charge in [0.05, 0.1) is 16.6 Å². The van der Waals surface area contributed by atoms with Crippen molar-refractivity contribution >= 4 is 22.6 Å². The highest BCUT2D eigenvalue weighted by atomic mass is 19.4. The van der Waals surface area contributed by atoms with Crippen LogP contribution in [0.25, 0.3) is 10.9 Å². The number of halogens is 4. The van der Waals surface area contributed by atoms with Gasteiger partial charge in [-0.25, -0.2) is 9.18 Å². The predicted octanol–water partition coefficient (Wildman–Crippen LogP) is 4.02. The summed E-state index contributed by atoms with van der Waals surface area (Å²) >= 11 is 0. The summed E-state index contributed by atoms with van der Waals surface area (Å²) < 4.78 is 59.6. The SMILES string of the molecule is CC(C)NCC1CCN(c2c(F)cc3c(=O)c(C(=O)O)cn(C4CC4)c3c2C(F)(F)F)C1. The van der Waals surface area contributed by atoms with Crippen molar-refractivity contribution < 1.29 is 27.5 Å². The summed E-state index contributed by atoms with van der Waals surface area (Å²) in [6, 6.07) is 0.647. The molecule has 1 unspecified atom stereocenters. The predicted molar refractivity (Wildman–Crippen MR) is 112 cm³/mol. The molecule has 1 aromatic heterocycles. The number of aromatic carboxylic acids is 1. The van der Waals surface area contributed by atoms with Crippen LogP contribution in [0.4, 0.5) is 23.2 Å². The van der Waals surface area contributed by atoms with E-state index in [0.29, 0.717) is 25.8 Å². The van der Waals surface area contributed by atoms with Gasteiger partial charge in [-0.05, 0) is 37.8 Å². The van der Waals surface area contributed by atoms with Crippen LogP contribution in [0.5, 0.6) is 0 Å². The molecule has 2 aliphatic rings. The summed E-state index contributed by atoms with van der Waals surface area (Å²) in [5.41, 5.74) is -3.97. The van der Waals surface area contributed by atoms with Gasteiger partial charge < -0.3 is 19.9 Å². The molecule has 174 valence electrons. The van der Waals surface area contributed by atoms with E-state index in [2.05, 4.69) is 5.32 Å². The highest BCUT2D eigenvalue weighted by Gasteiger charge is 2.43. The highest BCUT2D eigenvalue weighted by Crippen LogP contribution is 2.46. The first kappa shape index (κ1) is 22.6.